The molecule has 0 aliphatic rings. The first kappa shape index (κ1) is 14.5. The lowest BCUT2D eigenvalue weighted by Crippen LogP contribution is -2.31. The molecule has 0 aromatic heterocycles. The molecular weight excluding hydrogens is 226 g/mol. The Labute approximate surface area is 109 Å². The van der Waals surface area contributed by atoms with Crippen LogP contribution in [0.15, 0.2) is 24.3 Å². The Morgan fingerprint density at radius 2 is 1.83 bits per heavy atom. The van der Waals surface area contributed by atoms with E-state index in [4.69, 9.17) is 5.73 Å². The van der Waals surface area contributed by atoms with Crippen LogP contribution in [0.25, 0.3) is 0 Å². The molecule has 0 bridgehead atoms. The highest BCUT2D eigenvalue weighted by Crippen LogP contribution is 2.18. The minimum absolute atomic E-state index is 0.177. The van der Waals surface area contributed by atoms with Crippen LogP contribution in [0.5, 0.6) is 0 Å². The molecule has 0 radical (unpaired) electrons. The molecule has 0 heterocycles. The smallest absolute Gasteiger partial charge is 0.319 e. The number of nitrogens with two attached hydrogens (primary N) is 1. The monoisotopic (exact) mass is 249 g/mol. The third-order valence-electron chi connectivity index (χ3n) is 2.56. The second-order valence-corrected chi connectivity index (χ2v) is 5.53. The Balaban J connectivity index is 2.56. The summed E-state index contributed by atoms with van der Waals surface area (Å²) in [5.74, 6) is 0.441. The lowest BCUT2D eigenvalue weighted by molar-refractivity contribution is 0.251. The summed E-state index contributed by atoms with van der Waals surface area (Å²) in [6.45, 7) is 8.67. The van der Waals surface area contributed by atoms with E-state index in [0.29, 0.717) is 12.5 Å². The molecule has 0 saturated carbocycles. The van der Waals surface area contributed by atoms with E-state index in [9.17, 15) is 4.79 Å². The maximum absolute atomic E-state index is 11.6. The van der Waals surface area contributed by atoms with Crippen LogP contribution in [-0.2, 0) is 5.54 Å². The average molecular weight is 249 g/mol. The van der Waals surface area contributed by atoms with E-state index in [-0.39, 0.29) is 11.6 Å². The fourth-order valence-corrected chi connectivity index (χ4v) is 1.46. The first-order chi connectivity index (χ1) is 8.29. The lowest BCUT2D eigenvalue weighted by Gasteiger charge is -2.19. The normalized spacial score (nSPS) is 11.4. The number of hydrogen-bond donors (Lipinski definition) is 3. The Morgan fingerprint density at radius 3 is 2.28 bits per heavy atom. The molecule has 2 amide bonds. The highest BCUT2D eigenvalue weighted by atomic mass is 16.2. The van der Waals surface area contributed by atoms with Crippen molar-refractivity contribution in [3.63, 3.8) is 0 Å². The Morgan fingerprint density at radius 1 is 1.28 bits per heavy atom. The van der Waals surface area contributed by atoms with Crippen LogP contribution < -0.4 is 16.4 Å². The molecule has 0 saturated heterocycles. The van der Waals surface area contributed by atoms with Gasteiger partial charge in [0.1, 0.15) is 0 Å². The van der Waals surface area contributed by atoms with Crippen molar-refractivity contribution in [2.45, 2.75) is 33.2 Å². The molecule has 4 heteroatoms. The molecule has 1 rings (SSSR count). The maximum Gasteiger partial charge on any atom is 0.319 e. The van der Waals surface area contributed by atoms with Gasteiger partial charge in [-0.15, -0.1) is 0 Å². The van der Waals surface area contributed by atoms with Gasteiger partial charge in [0.25, 0.3) is 0 Å². The zero-order valence-corrected chi connectivity index (χ0v) is 11.6. The van der Waals surface area contributed by atoms with Gasteiger partial charge in [0, 0.05) is 17.8 Å². The number of anilines is 1. The third-order valence-corrected chi connectivity index (χ3v) is 2.56. The Bertz CT molecular complexity index is 390. The van der Waals surface area contributed by atoms with E-state index in [1.165, 1.54) is 0 Å². The first-order valence-corrected chi connectivity index (χ1v) is 6.23. The summed E-state index contributed by atoms with van der Waals surface area (Å²) in [4.78, 5) is 11.6. The number of urea groups is 1. The highest BCUT2D eigenvalue weighted by molar-refractivity contribution is 5.89. The second-order valence-electron chi connectivity index (χ2n) is 5.53. The fourth-order valence-electron chi connectivity index (χ4n) is 1.46. The highest BCUT2D eigenvalue weighted by Gasteiger charge is 2.13. The first-order valence-electron chi connectivity index (χ1n) is 6.23. The SMILES string of the molecule is CC(C)CNC(=O)Nc1ccc(C(C)(C)N)cc1. The number of amides is 2. The zero-order chi connectivity index (χ0) is 13.8. The maximum atomic E-state index is 11.6. The number of nitrogens with one attached hydrogen (secondary N) is 2. The van der Waals surface area contributed by atoms with Gasteiger partial charge in [-0.1, -0.05) is 26.0 Å². The number of benzene rings is 1. The van der Waals surface area contributed by atoms with Crippen LogP contribution in [0.2, 0.25) is 0 Å². The van der Waals surface area contributed by atoms with Crippen molar-refractivity contribution in [2.75, 3.05) is 11.9 Å². The summed E-state index contributed by atoms with van der Waals surface area (Å²) in [5.41, 5.74) is 7.43. The van der Waals surface area contributed by atoms with Crippen molar-refractivity contribution >= 4 is 11.7 Å². The molecule has 0 spiro atoms. The van der Waals surface area contributed by atoms with Crippen molar-refractivity contribution in [3.05, 3.63) is 29.8 Å². The third kappa shape index (κ3) is 4.75. The molecule has 1 aromatic rings. The molecule has 0 unspecified atom stereocenters. The van der Waals surface area contributed by atoms with Gasteiger partial charge in [0.15, 0.2) is 0 Å². The summed E-state index contributed by atoms with van der Waals surface area (Å²) in [7, 11) is 0. The average Bonchev–Trinajstić information content (AvgIpc) is 2.26. The van der Waals surface area contributed by atoms with Gasteiger partial charge in [-0.3, -0.25) is 0 Å². The summed E-state index contributed by atoms with van der Waals surface area (Å²) in [6.07, 6.45) is 0. The van der Waals surface area contributed by atoms with Crippen molar-refractivity contribution in [2.24, 2.45) is 11.7 Å². The van der Waals surface area contributed by atoms with Gasteiger partial charge >= 0.3 is 6.03 Å². The van der Waals surface area contributed by atoms with Crippen molar-refractivity contribution in [3.8, 4) is 0 Å². The van der Waals surface area contributed by atoms with Gasteiger partial charge < -0.3 is 16.4 Å². The van der Waals surface area contributed by atoms with Crippen LogP contribution in [0, 0.1) is 5.92 Å². The van der Waals surface area contributed by atoms with Crippen molar-refractivity contribution in [1.29, 1.82) is 0 Å². The quantitative estimate of drug-likeness (QED) is 0.768. The molecule has 4 nitrogen and oxygen atoms in total. The molecule has 100 valence electrons. The molecule has 1 aromatic carbocycles. The minimum Gasteiger partial charge on any atom is -0.338 e. The molecule has 0 fully saturated rings. The second kappa shape index (κ2) is 5.87. The van der Waals surface area contributed by atoms with Crippen LogP contribution in [0.1, 0.15) is 33.3 Å². The predicted octanol–water partition coefficient (Wildman–Crippen LogP) is 2.66. The van der Waals surface area contributed by atoms with E-state index in [1.807, 2.05) is 38.1 Å². The van der Waals surface area contributed by atoms with Gasteiger partial charge in [-0.05, 0) is 37.5 Å². The van der Waals surface area contributed by atoms with Gasteiger partial charge in [0.05, 0.1) is 0 Å². The standard InChI is InChI=1S/C14H23N3O/c1-10(2)9-16-13(18)17-12-7-5-11(6-8-12)14(3,4)15/h5-8,10H,9,15H2,1-4H3,(H2,16,17,18). The summed E-state index contributed by atoms with van der Waals surface area (Å²) in [6, 6.07) is 7.40. The van der Waals surface area contributed by atoms with Crippen molar-refractivity contribution < 1.29 is 4.79 Å². The van der Waals surface area contributed by atoms with E-state index in [1.54, 1.807) is 0 Å². The minimum atomic E-state index is -0.363. The van der Waals surface area contributed by atoms with E-state index >= 15 is 0 Å². The van der Waals surface area contributed by atoms with E-state index in [0.717, 1.165) is 11.3 Å². The fraction of sp³-hybridized carbons (Fsp3) is 0.500. The van der Waals surface area contributed by atoms with Gasteiger partial charge in [-0.25, -0.2) is 4.79 Å². The number of carbonyl (C=O) groups is 1. The molecule has 4 N–H and O–H groups in total. The Kier molecular flexibility index (Phi) is 4.73. The predicted molar refractivity (Wildman–Crippen MR) is 75.5 cm³/mol. The molecule has 0 aliphatic heterocycles. The topological polar surface area (TPSA) is 67.2 Å². The van der Waals surface area contributed by atoms with E-state index in [2.05, 4.69) is 24.5 Å². The Hall–Kier alpha value is -1.55. The molecule has 0 atom stereocenters. The van der Waals surface area contributed by atoms with Crippen LogP contribution in [-0.4, -0.2) is 12.6 Å². The van der Waals surface area contributed by atoms with E-state index < -0.39 is 0 Å². The van der Waals surface area contributed by atoms with Crippen LogP contribution in [0.3, 0.4) is 0 Å². The zero-order valence-electron chi connectivity index (χ0n) is 11.6. The van der Waals surface area contributed by atoms with Gasteiger partial charge in [-0.2, -0.15) is 0 Å². The van der Waals surface area contributed by atoms with Crippen LogP contribution in [0.4, 0.5) is 10.5 Å². The van der Waals surface area contributed by atoms with Crippen LogP contribution >= 0.6 is 0 Å². The van der Waals surface area contributed by atoms with Crippen molar-refractivity contribution in [1.82, 2.24) is 5.32 Å². The van der Waals surface area contributed by atoms with Gasteiger partial charge in [0.2, 0.25) is 0 Å². The molecular formula is C14H23N3O. The molecule has 18 heavy (non-hydrogen) atoms. The number of carbonyl (C=O) groups excluding carboxylic acids is 1. The number of rotatable bonds is 4. The molecule has 0 aliphatic carbocycles. The summed E-state index contributed by atoms with van der Waals surface area (Å²) in [5, 5.41) is 5.59. The number of hydrogen-bond acceptors (Lipinski definition) is 2. The lowest BCUT2D eigenvalue weighted by atomic mass is 9.96. The summed E-state index contributed by atoms with van der Waals surface area (Å²) < 4.78 is 0. The summed E-state index contributed by atoms with van der Waals surface area (Å²) >= 11 is 0. The largest absolute Gasteiger partial charge is 0.338 e.